The van der Waals surface area contributed by atoms with E-state index in [1.165, 1.54) is 30.6 Å². The maximum Gasteiger partial charge on any atom is 0.308 e. The largest absolute Gasteiger partial charge is 0.481 e. The summed E-state index contributed by atoms with van der Waals surface area (Å²) in [5.41, 5.74) is 1.98. The Morgan fingerprint density at radius 1 is 1.36 bits per heavy atom. The first-order valence-corrected chi connectivity index (χ1v) is 9.31. The number of aryl methyl sites for hydroxylation is 1. The fourth-order valence-electron chi connectivity index (χ4n) is 3.85. The van der Waals surface area contributed by atoms with E-state index in [1.807, 2.05) is 19.9 Å². The van der Waals surface area contributed by atoms with Crippen LogP contribution < -0.4 is 5.56 Å². The maximum absolute atomic E-state index is 12.4. The van der Waals surface area contributed by atoms with Crippen LogP contribution in [0.3, 0.4) is 0 Å². The van der Waals surface area contributed by atoms with E-state index in [0.29, 0.717) is 17.4 Å². The quantitative estimate of drug-likeness (QED) is 0.778. The van der Waals surface area contributed by atoms with Crippen LogP contribution in [0, 0.1) is 24.2 Å². The summed E-state index contributed by atoms with van der Waals surface area (Å²) in [6.07, 6.45) is 4.10. The molecule has 1 aromatic rings. The third-order valence-corrected chi connectivity index (χ3v) is 5.46. The zero-order valence-corrected chi connectivity index (χ0v) is 15.5. The van der Waals surface area contributed by atoms with Crippen molar-refractivity contribution in [3.8, 4) is 0 Å². The van der Waals surface area contributed by atoms with Crippen molar-refractivity contribution in [3.63, 3.8) is 0 Å². The molecular weight excluding hydrogens is 318 g/mol. The van der Waals surface area contributed by atoms with E-state index >= 15 is 0 Å². The molecule has 0 amide bonds. The highest BCUT2D eigenvalue weighted by atomic mass is 16.4. The molecule has 25 heavy (non-hydrogen) atoms. The molecule has 2 heterocycles. The highest BCUT2D eigenvalue weighted by Gasteiger charge is 2.51. The Hall–Kier alpha value is -1.69. The summed E-state index contributed by atoms with van der Waals surface area (Å²) in [5.74, 6) is -1.17. The molecule has 1 N–H and O–H groups in total. The Bertz CT molecular complexity index is 698. The second-order valence-corrected chi connectivity index (χ2v) is 8.43. The predicted octanol–water partition coefficient (Wildman–Crippen LogP) is 1.94. The number of aromatic nitrogens is 2. The van der Waals surface area contributed by atoms with Gasteiger partial charge in [-0.3, -0.25) is 9.59 Å². The lowest BCUT2D eigenvalue weighted by molar-refractivity contribution is -0.142. The Labute approximate surface area is 148 Å². The Morgan fingerprint density at radius 2 is 2.04 bits per heavy atom. The van der Waals surface area contributed by atoms with E-state index in [9.17, 15) is 14.7 Å². The molecule has 0 bridgehead atoms. The van der Waals surface area contributed by atoms with Crippen molar-refractivity contribution in [1.29, 1.82) is 0 Å². The summed E-state index contributed by atoms with van der Waals surface area (Å²) in [7, 11) is 0. The fraction of sp³-hybridized carbons (Fsp3) is 0.737. The lowest BCUT2D eigenvalue weighted by atomic mass is 9.96. The van der Waals surface area contributed by atoms with Gasteiger partial charge in [-0.25, -0.2) is 4.68 Å². The standard InChI is InChI=1S/C19H29N3O3/c1-13(2)8-15(18(24)25)10-22-17(23)14(3)9-16(20-22)4-7-21-11-19(12-21)5-6-19/h9,13,15H,4-8,10-12H2,1-3H3,(H,24,25)/t15-/m0/s1. The van der Waals surface area contributed by atoms with Crippen LogP contribution in [-0.4, -0.2) is 45.4 Å². The van der Waals surface area contributed by atoms with Gasteiger partial charge < -0.3 is 10.0 Å². The molecule has 138 valence electrons. The van der Waals surface area contributed by atoms with Crippen LogP contribution in [0.4, 0.5) is 0 Å². The van der Waals surface area contributed by atoms with E-state index in [2.05, 4.69) is 10.00 Å². The lowest BCUT2D eigenvalue weighted by Gasteiger charge is -2.39. The van der Waals surface area contributed by atoms with Gasteiger partial charge in [0.1, 0.15) is 0 Å². The van der Waals surface area contributed by atoms with Crippen molar-refractivity contribution in [1.82, 2.24) is 14.7 Å². The van der Waals surface area contributed by atoms with Gasteiger partial charge in [-0.15, -0.1) is 0 Å². The summed E-state index contributed by atoms with van der Waals surface area (Å²) >= 11 is 0. The molecule has 6 nitrogen and oxygen atoms in total. The minimum Gasteiger partial charge on any atom is -0.481 e. The van der Waals surface area contributed by atoms with Gasteiger partial charge in [-0.05, 0) is 43.6 Å². The van der Waals surface area contributed by atoms with Gasteiger partial charge in [0.25, 0.3) is 5.56 Å². The van der Waals surface area contributed by atoms with Crippen LogP contribution in [0.5, 0.6) is 0 Å². The molecule has 1 aliphatic heterocycles. The maximum atomic E-state index is 12.4. The average Bonchev–Trinajstić information content (AvgIpc) is 3.28. The van der Waals surface area contributed by atoms with Crippen LogP contribution in [0.1, 0.15) is 44.4 Å². The number of hydrogen-bond donors (Lipinski definition) is 1. The summed E-state index contributed by atoms with van der Waals surface area (Å²) in [6.45, 7) is 9.27. The number of likely N-dealkylation sites (tertiary alicyclic amines) is 1. The Morgan fingerprint density at radius 3 is 2.60 bits per heavy atom. The monoisotopic (exact) mass is 347 g/mol. The van der Waals surface area contributed by atoms with Crippen molar-refractivity contribution in [2.45, 2.75) is 53.0 Å². The summed E-state index contributed by atoms with van der Waals surface area (Å²) in [6, 6.07) is 1.85. The molecule has 1 spiro atoms. The van der Waals surface area contributed by atoms with Gasteiger partial charge in [-0.1, -0.05) is 13.8 Å². The van der Waals surface area contributed by atoms with Crippen molar-refractivity contribution >= 4 is 5.97 Å². The second-order valence-electron chi connectivity index (χ2n) is 8.43. The molecule has 3 rings (SSSR count). The van der Waals surface area contributed by atoms with Crippen LogP contribution >= 0.6 is 0 Å². The molecule has 2 aliphatic rings. The molecule has 2 fully saturated rings. The highest BCUT2D eigenvalue weighted by Crippen LogP contribution is 2.52. The van der Waals surface area contributed by atoms with Gasteiger partial charge >= 0.3 is 5.97 Å². The van der Waals surface area contributed by atoms with Crippen LogP contribution in [0.25, 0.3) is 0 Å². The Balaban J connectivity index is 1.66. The second kappa shape index (κ2) is 6.90. The number of carbonyl (C=O) groups is 1. The molecule has 0 radical (unpaired) electrons. The van der Waals surface area contributed by atoms with Crippen molar-refractivity contribution < 1.29 is 9.90 Å². The van der Waals surface area contributed by atoms with Gasteiger partial charge in [0.05, 0.1) is 18.2 Å². The zero-order chi connectivity index (χ0) is 18.2. The van der Waals surface area contributed by atoms with Crippen molar-refractivity contribution in [2.75, 3.05) is 19.6 Å². The molecule has 1 aromatic heterocycles. The van der Waals surface area contributed by atoms with E-state index in [1.54, 1.807) is 6.92 Å². The smallest absolute Gasteiger partial charge is 0.308 e. The minimum absolute atomic E-state index is 0.147. The van der Waals surface area contributed by atoms with E-state index in [-0.39, 0.29) is 18.0 Å². The van der Waals surface area contributed by atoms with Crippen molar-refractivity contribution in [3.05, 3.63) is 27.7 Å². The van der Waals surface area contributed by atoms with E-state index in [4.69, 9.17) is 0 Å². The predicted molar refractivity (Wildman–Crippen MR) is 95.6 cm³/mol. The van der Waals surface area contributed by atoms with E-state index in [0.717, 1.165) is 18.7 Å². The van der Waals surface area contributed by atoms with Gasteiger partial charge in [-0.2, -0.15) is 5.10 Å². The number of rotatable bonds is 8. The molecule has 1 aliphatic carbocycles. The first-order chi connectivity index (χ1) is 11.8. The van der Waals surface area contributed by atoms with Gasteiger partial charge in [0.15, 0.2) is 0 Å². The molecular formula is C19H29N3O3. The molecule has 6 heteroatoms. The lowest BCUT2D eigenvalue weighted by Crippen LogP contribution is -2.49. The third-order valence-electron chi connectivity index (χ3n) is 5.46. The number of carboxylic acid groups (broad SMARTS) is 1. The van der Waals surface area contributed by atoms with Gasteiger partial charge in [0, 0.05) is 31.6 Å². The summed E-state index contributed by atoms with van der Waals surface area (Å²) in [5, 5.41) is 13.9. The summed E-state index contributed by atoms with van der Waals surface area (Å²) < 4.78 is 1.37. The molecule has 1 atom stereocenters. The van der Waals surface area contributed by atoms with Crippen LogP contribution in [0.15, 0.2) is 10.9 Å². The molecule has 0 unspecified atom stereocenters. The third kappa shape index (κ3) is 4.29. The van der Waals surface area contributed by atoms with Crippen LogP contribution in [-0.2, 0) is 17.8 Å². The molecule has 0 aromatic carbocycles. The number of hydrogen-bond acceptors (Lipinski definition) is 4. The van der Waals surface area contributed by atoms with Crippen LogP contribution in [0.2, 0.25) is 0 Å². The first-order valence-electron chi connectivity index (χ1n) is 9.31. The number of carboxylic acids is 1. The SMILES string of the molecule is Cc1cc(CCN2CC3(CC3)C2)nn(C[C@H](CC(C)C)C(=O)O)c1=O. The van der Waals surface area contributed by atoms with E-state index < -0.39 is 11.9 Å². The first kappa shape index (κ1) is 18.1. The van der Waals surface area contributed by atoms with Gasteiger partial charge in [0.2, 0.25) is 0 Å². The number of aliphatic carboxylic acids is 1. The normalized spacial score (nSPS) is 19.8. The fourth-order valence-corrected chi connectivity index (χ4v) is 3.85. The molecule has 1 saturated heterocycles. The Kier molecular flexibility index (Phi) is 5.00. The average molecular weight is 347 g/mol. The number of nitrogens with zero attached hydrogens (tertiary/aromatic N) is 3. The highest BCUT2D eigenvalue weighted by molar-refractivity contribution is 5.69. The zero-order valence-electron chi connectivity index (χ0n) is 15.5. The van der Waals surface area contributed by atoms with Crippen molar-refractivity contribution in [2.24, 2.45) is 17.3 Å². The molecule has 1 saturated carbocycles. The topological polar surface area (TPSA) is 75.4 Å². The minimum atomic E-state index is -0.860. The summed E-state index contributed by atoms with van der Waals surface area (Å²) in [4.78, 5) is 26.3.